The van der Waals surface area contributed by atoms with Crippen molar-refractivity contribution in [3.8, 4) is 11.3 Å². The Morgan fingerprint density at radius 1 is 1.11 bits per heavy atom. The molecule has 0 bridgehead atoms. The van der Waals surface area contributed by atoms with Crippen molar-refractivity contribution in [3.05, 3.63) is 84.2 Å². The van der Waals surface area contributed by atoms with Crippen LogP contribution in [0.25, 0.3) is 22.2 Å². The number of likely N-dealkylation sites (tertiary alicyclic amines) is 1. The fraction of sp³-hybridized carbons (Fsp3) is 0.231. The molecule has 4 aromatic rings. The van der Waals surface area contributed by atoms with Crippen molar-refractivity contribution in [1.29, 1.82) is 0 Å². The first-order valence-electron chi connectivity index (χ1n) is 11.4. The number of hydrogen-bond acceptors (Lipinski definition) is 5. The minimum Gasteiger partial charge on any atom is -0.445 e. The lowest BCUT2D eigenvalue weighted by atomic mass is 10.0. The zero-order valence-corrected chi connectivity index (χ0v) is 19.2. The number of nitrogens with zero attached hydrogens (tertiary/aromatic N) is 3. The van der Waals surface area contributed by atoms with Gasteiger partial charge in [0.2, 0.25) is 0 Å². The summed E-state index contributed by atoms with van der Waals surface area (Å²) in [5.74, 6) is -3.68. The summed E-state index contributed by atoms with van der Waals surface area (Å²) in [6.07, 6.45) is 1.87. The number of pyridine rings is 1. The number of piperidine rings is 1. The van der Waals surface area contributed by atoms with Crippen molar-refractivity contribution < 1.29 is 23.1 Å². The van der Waals surface area contributed by atoms with Gasteiger partial charge in [-0.25, -0.2) is 13.6 Å². The summed E-state index contributed by atoms with van der Waals surface area (Å²) in [4.78, 5) is 30.4. The molecule has 0 aliphatic carbocycles. The summed E-state index contributed by atoms with van der Waals surface area (Å²) in [5, 5.41) is 10.6. The van der Waals surface area contributed by atoms with Gasteiger partial charge in [0, 0.05) is 41.9 Å². The molecule has 0 radical (unpaired) electrons. The molecule has 8 nitrogen and oxygen atoms in total. The third kappa shape index (κ3) is 5.17. The maximum absolute atomic E-state index is 14.5. The van der Waals surface area contributed by atoms with Gasteiger partial charge in [0.25, 0.3) is 11.8 Å². The summed E-state index contributed by atoms with van der Waals surface area (Å²) in [5.41, 5.74) is 3.26. The van der Waals surface area contributed by atoms with Crippen LogP contribution in [0.3, 0.4) is 0 Å². The number of aromatic amines is 1. The fourth-order valence-electron chi connectivity index (χ4n) is 4.30. The number of aromatic nitrogens is 3. The number of benzene rings is 2. The molecule has 1 aliphatic heterocycles. The second-order valence-electron chi connectivity index (χ2n) is 8.72. The highest BCUT2D eigenvalue weighted by Crippen LogP contribution is 2.29. The molecule has 0 saturated carbocycles. The number of nitrogens with one attached hydrogen (secondary N) is 2. The van der Waals surface area contributed by atoms with Crippen molar-refractivity contribution in [2.75, 3.05) is 13.1 Å². The highest BCUT2D eigenvalue weighted by molar-refractivity contribution is 6.01. The van der Waals surface area contributed by atoms with E-state index >= 15 is 0 Å². The Labute approximate surface area is 205 Å². The Bertz CT molecular complexity index is 1380. The highest BCUT2D eigenvalue weighted by Gasteiger charge is 2.43. The number of fused-ring (bicyclic) bond motifs is 1. The van der Waals surface area contributed by atoms with E-state index in [1.807, 2.05) is 6.07 Å². The molecule has 36 heavy (non-hydrogen) atoms. The summed E-state index contributed by atoms with van der Waals surface area (Å²) >= 11 is 0. The van der Waals surface area contributed by atoms with E-state index in [1.165, 1.54) is 0 Å². The van der Waals surface area contributed by atoms with E-state index in [0.29, 0.717) is 16.6 Å². The molecule has 5 rings (SSSR count). The summed E-state index contributed by atoms with van der Waals surface area (Å²) in [7, 11) is 0. The van der Waals surface area contributed by atoms with Gasteiger partial charge in [-0.05, 0) is 35.9 Å². The molecular weight excluding hydrogens is 468 g/mol. The van der Waals surface area contributed by atoms with E-state index in [4.69, 9.17) is 4.74 Å². The van der Waals surface area contributed by atoms with Crippen molar-refractivity contribution >= 4 is 22.9 Å². The average molecular weight is 491 g/mol. The monoisotopic (exact) mass is 491 g/mol. The Kier molecular flexibility index (Phi) is 6.32. The predicted octanol–water partition coefficient (Wildman–Crippen LogP) is 4.40. The molecule has 3 heterocycles. The maximum Gasteiger partial charge on any atom is 0.410 e. The topological polar surface area (TPSA) is 100 Å². The van der Waals surface area contributed by atoms with Crippen molar-refractivity contribution in [1.82, 2.24) is 25.4 Å². The van der Waals surface area contributed by atoms with Gasteiger partial charge in [-0.2, -0.15) is 5.10 Å². The highest BCUT2D eigenvalue weighted by atomic mass is 19.3. The number of alkyl halides is 2. The maximum atomic E-state index is 14.5. The number of carbonyl (C=O) groups excluding carboxylic acids is 2. The molecule has 2 amide bonds. The van der Waals surface area contributed by atoms with E-state index in [2.05, 4.69) is 20.5 Å². The summed E-state index contributed by atoms with van der Waals surface area (Å²) in [6, 6.07) is 16.6. The fourth-order valence-corrected chi connectivity index (χ4v) is 4.30. The van der Waals surface area contributed by atoms with Crippen LogP contribution in [-0.2, 0) is 11.3 Å². The molecule has 2 aromatic carbocycles. The number of hydrogen-bond donors (Lipinski definition) is 2. The molecule has 1 unspecified atom stereocenters. The lowest BCUT2D eigenvalue weighted by Gasteiger charge is -2.37. The number of rotatable bonds is 5. The largest absolute Gasteiger partial charge is 0.445 e. The Morgan fingerprint density at radius 2 is 1.89 bits per heavy atom. The number of amides is 2. The number of carbonyl (C=O) groups is 2. The molecule has 0 spiro atoms. The number of halogens is 2. The SMILES string of the molecule is O=C(NC1CN(C(=O)OCc2ccccc2)CC(F)(F)C1)c1ccc2[nH]nc(-c3ccncc3)c2c1. The molecule has 184 valence electrons. The van der Waals surface area contributed by atoms with Crippen LogP contribution in [-0.4, -0.2) is 57.1 Å². The normalized spacial score (nSPS) is 17.1. The van der Waals surface area contributed by atoms with E-state index in [1.54, 1.807) is 67.0 Å². The Hall–Kier alpha value is -4.34. The first kappa shape index (κ1) is 23.4. The van der Waals surface area contributed by atoms with Crippen LogP contribution in [0, 0.1) is 0 Å². The van der Waals surface area contributed by atoms with Crippen LogP contribution in [0.2, 0.25) is 0 Å². The van der Waals surface area contributed by atoms with E-state index in [-0.39, 0.29) is 13.2 Å². The lowest BCUT2D eigenvalue weighted by Crippen LogP contribution is -2.56. The van der Waals surface area contributed by atoms with Crippen molar-refractivity contribution in [3.63, 3.8) is 0 Å². The van der Waals surface area contributed by atoms with Crippen LogP contribution in [0.5, 0.6) is 0 Å². The van der Waals surface area contributed by atoms with Gasteiger partial charge in [-0.15, -0.1) is 0 Å². The molecule has 2 aromatic heterocycles. The van der Waals surface area contributed by atoms with Gasteiger partial charge in [0.15, 0.2) is 0 Å². The van der Waals surface area contributed by atoms with Crippen LogP contribution >= 0.6 is 0 Å². The molecule has 1 atom stereocenters. The zero-order chi connectivity index (χ0) is 25.1. The summed E-state index contributed by atoms with van der Waals surface area (Å²) in [6.45, 7) is -0.863. The number of ether oxygens (including phenoxy) is 1. The molecule has 10 heteroatoms. The molecule has 1 saturated heterocycles. The molecule has 2 N–H and O–H groups in total. The Morgan fingerprint density at radius 3 is 2.67 bits per heavy atom. The quantitative estimate of drug-likeness (QED) is 0.431. The minimum atomic E-state index is -3.16. The van der Waals surface area contributed by atoms with Gasteiger partial charge >= 0.3 is 6.09 Å². The van der Waals surface area contributed by atoms with E-state index in [9.17, 15) is 18.4 Å². The van der Waals surface area contributed by atoms with Crippen molar-refractivity contribution in [2.45, 2.75) is 25.0 Å². The first-order valence-corrected chi connectivity index (χ1v) is 11.4. The second kappa shape index (κ2) is 9.73. The van der Waals surface area contributed by atoms with E-state index < -0.39 is 36.9 Å². The van der Waals surface area contributed by atoms with Gasteiger partial charge in [0.1, 0.15) is 12.3 Å². The van der Waals surface area contributed by atoms with Gasteiger partial charge in [-0.3, -0.25) is 14.9 Å². The molecule has 1 aliphatic rings. The lowest BCUT2D eigenvalue weighted by molar-refractivity contribution is -0.0705. The van der Waals surface area contributed by atoms with E-state index in [0.717, 1.165) is 21.5 Å². The number of H-pyrrole nitrogens is 1. The van der Waals surface area contributed by atoms with Crippen LogP contribution in [0.1, 0.15) is 22.3 Å². The van der Waals surface area contributed by atoms with Gasteiger partial charge < -0.3 is 15.0 Å². The third-order valence-corrected chi connectivity index (χ3v) is 5.99. The predicted molar refractivity (Wildman–Crippen MR) is 128 cm³/mol. The zero-order valence-electron chi connectivity index (χ0n) is 19.2. The standard InChI is InChI=1S/C26H23F2N5O3/c27-26(28)13-20(14-33(16-26)25(35)36-15-17-4-2-1-3-5-17)30-24(34)19-6-7-22-21(12-19)23(32-31-22)18-8-10-29-11-9-18/h1-12,20H,13-16H2,(H,30,34)(H,31,32). The van der Waals surface area contributed by atoms with Gasteiger partial charge in [-0.1, -0.05) is 30.3 Å². The van der Waals surface area contributed by atoms with Crippen LogP contribution in [0.4, 0.5) is 13.6 Å². The first-order chi connectivity index (χ1) is 17.4. The minimum absolute atomic E-state index is 0.0245. The van der Waals surface area contributed by atoms with Gasteiger partial charge in [0.05, 0.1) is 18.1 Å². The summed E-state index contributed by atoms with van der Waals surface area (Å²) < 4.78 is 34.2. The van der Waals surface area contributed by atoms with Crippen molar-refractivity contribution in [2.24, 2.45) is 0 Å². The average Bonchev–Trinajstić information content (AvgIpc) is 3.31. The smallest absolute Gasteiger partial charge is 0.410 e. The second-order valence-corrected chi connectivity index (χ2v) is 8.72. The third-order valence-electron chi connectivity index (χ3n) is 5.99. The molecule has 1 fully saturated rings. The van der Waals surface area contributed by atoms with Crippen LogP contribution in [0.15, 0.2) is 73.1 Å². The van der Waals surface area contributed by atoms with Crippen LogP contribution < -0.4 is 5.32 Å². The molecular formula is C26H23F2N5O3. The Balaban J connectivity index is 1.28.